The Morgan fingerprint density at radius 2 is 2.11 bits per heavy atom. The second-order valence-corrected chi connectivity index (χ2v) is 4.80. The average molecular weight is 252 g/mol. The van der Waals surface area contributed by atoms with Gasteiger partial charge < -0.3 is 10.4 Å². The number of carbonyl (C=O) groups is 1. The van der Waals surface area contributed by atoms with Gasteiger partial charge in [0.2, 0.25) is 5.95 Å². The van der Waals surface area contributed by atoms with Gasteiger partial charge in [-0.15, -0.1) is 0 Å². The molecule has 0 unspecified atom stereocenters. The maximum Gasteiger partial charge on any atom is 0.270 e. The first kappa shape index (κ1) is 13.0. The molecule has 1 amide bonds. The van der Waals surface area contributed by atoms with Crippen LogP contribution >= 0.6 is 0 Å². The Kier molecular flexibility index (Phi) is 3.91. The number of hydrogen-bond donors (Lipinski definition) is 2. The maximum atomic E-state index is 12.9. The monoisotopic (exact) mass is 252 g/mol. The summed E-state index contributed by atoms with van der Waals surface area (Å²) >= 11 is 0. The van der Waals surface area contributed by atoms with Crippen molar-refractivity contribution in [3.05, 3.63) is 29.8 Å². The fourth-order valence-electron chi connectivity index (χ4n) is 2.39. The second-order valence-electron chi connectivity index (χ2n) is 4.80. The highest BCUT2D eigenvalue weighted by atomic mass is 19.1. The van der Waals surface area contributed by atoms with Crippen LogP contribution in [-0.4, -0.2) is 28.1 Å². The standard InChI is InChI=1S/C13H17FN2O2/c14-11-6-4-5-10(15-11)12(18)16-13(9-17)7-2-1-3-8-13/h4-6,17H,1-3,7-9H2,(H,16,18). The highest BCUT2D eigenvalue weighted by Crippen LogP contribution is 2.27. The zero-order chi connectivity index (χ0) is 13.0. The summed E-state index contributed by atoms with van der Waals surface area (Å²) in [5.74, 6) is -1.10. The number of pyridine rings is 1. The smallest absolute Gasteiger partial charge is 0.270 e. The van der Waals surface area contributed by atoms with Gasteiger partial charge in [0, 0.05) is 0 Å². The van der Waals surface area contributed by atoms with Crippen LogP contribution in [0.3, 0.4) is 0 Å². The average Bonchev–Trinajstić information content (AvgIpc) is 2.40. The molecule has 4 nitrogen and oxygen atoms in total. The molecule has 2 N–H and O–H groups in total. The third-order valence-electron chi connectivity index (χ3n) is 3.44. The van der Waals surface area contributed by atoms with Gasteiger partial charge >= 0.3 is 0 Å². The van der Waals surface area contributed by atoms with Gasteiger partial charge in [0.1, 0.15) is 5.69 Å². The summed E-state index contributed by atoms with van der Waals surface area (Å²) in [7, 11) is 0. The number of nitrogens with zero attached hydrogens (tertiary/aromatic N) is 1. The van der Waals surface area contributed by atoms with E-state index in [1.807, 2.05) is 0 Å². The van der Waals surface area contributed by atoms with Gasteiger partial charge in [-0.2, -0.15) is 4.39 Å². The lowest BCUT2D eigenvalue weighted by Crippen LogP contribution is -2.52. The Bertz CT molecular complexity index is 431. The van der Waals surface area contributed by atoms with Crippen LogP contribution < -0.4 is 5.32 Å². The molecule has 0 bridgehead atoms. The zero-order valence-corrected chi connectivity index (χ0v) is 10.2. The van der Waals surface area contributed by atoms with Gasteiger partial charge in [-0.25, -0.2) is 4.98 Å². The summed E-state index contributed by atoms with van der Waals surface area (Å²) in [6.07, 6.45) is 4.60. The molecule has 18 heavy (non-hydrogen) atoms. The number of amides is 1. The van der Waals surface area contributed by atoms with Crippen LogP contribution in [0.4, 0.5) is 4.39 Å². The van der Waals surface area contributed by atoms with Crippen molar-refractivity contribution in [2.45, 2.75) is 37.6 Å². The van der Waals surface area contributed by atoms with Gasteiger partial charge in [-0.1, -0.05) is 25.3 Å². The van der Waals surface area contributed by atoms with E-state index in [1.165, 1.54) is 18.2 Å². The number of halogens is 1. The molecule has 0 spiro atoms. The SMILES string of the molecule is O=C(NC1(CO)CCCCC1)c1cccc(F)n1. The molecule has 0 aromatic carbocycles. The minimum Gasteiger partial charge on any atom is -0.394 e. The van der Waals surface area contributed by atoms with Crippen molar-refractivity contribution in [1.29, 1.82) is 0 Å². The van der Waals surface area contributed by atoms with Crippen LogP contribution in [0.15, 0.2) is 18.2 Å². The fraction of sp³-hybridized carbons (Fsp3) is 0.538. The molecule has 1 aromatic heterocycles. The molecular formula is C13H17FN2O2. The van der Waals surface area contributed by atoms with Gasteiger partial charge in [-0.05, 0) is 25.0 Å². The van der Waals surface area contributed by atoms with Crippen molar-refractivity contribution < 1.29 is 14.3 Å². The minimum atomic E-state index is -0.677. The van der Waals surface area contributed by atoms with Gasteiger partial charge in [0.25, 0.3) is 5.91 Å². The number of aliphatic hydroxyl groups is 1. The molecule has 0 saturated heterocycles. The van der Waals surface area contributed by atoms with E-state index in [2.05, 4.69) is 10.3 Å². The van der Waals surface area contributed by atoms with Crippen LogP contribution in [0, 0.1) is 5.95 Å². The molecule has 1 aliphatic rings. The third-order valence-corrected chi connectivity index (χ3v) is 3.44. The number of hydrogen-bond acceptors (Lipinski definition) is 3. The molecule has 0 atom stereocenters. The van der Waals surface area contributed by atoms with E-state index in [0.29, 0.717) is 0 Å². The summed E-state index contributed by atoms with van der Waals surface area (Å²) in [5.41, 5.74) is -0.517. The Labute approximate surface area is 105 Å². The van der Waals surface area contributed by atoms with Gasteiger partial charge in [-0.3, -0.25) is 4.79 Å². The summed E-state index contributed by atoms with van der Waals surface area (Å²) < 4.78 is 12.9. The van der Waals surface area contributed by atoms with E-state index >= 15 is 0 Å². The predicted octanol–water partition coefficient (Wildman–Crippen LogP) is 1.65. The van der Waals surface area contributed by atoms with Crippen LogP contribution in [0.1, 0.15) is 42.6 Å². The molecule has 0 radical (unpaired) electrons. The van der Waals surface area contributed by atoms with Crippen molar-refractivity contribution in [3.63, 3.8) is 0 Å². The summed E-state index contributed by atoms with van der Waals surface area (Å²) in [5, 5.41) is 12.3. The van der Waals surface area contributed by atoms with E-state index < -0.39 is 17.4 Å². The molecule has 2 rings (SSSR count). The fourth-order valence-corrected chi connectivity index (χ4v) is 2.39. The van der Waals surface area contributed by atoms with Crippen molar-refractivity contribution in [1.82, 2.24) is 10.3 Å². The lowest BCUT2D eigenvalue weighted by molar-refractivity contribution is 0.0753. The van der Waals surface area contributed by atoms with Crippen LogP contribution in [0.25, 0.3) is 0 Å². The first-order valence-electron chi connectivity index (χ1n) is 6.21. The Morgan fingerprint density at radius 1 is 1.39 bits per heavy atom. The Hall–Kier alpha value is -1.49. The topological polar surface area (TPSA) is 62.2 Å². The zero-order valence-electron chi connectivity index (χ0n) is 10.2. The largest absolute Gasteiger partial charge is 0.394 e. The molecule has 5 heteroatoms. The Balaban J connectivity index is 2.10. The summed E-state index contributed by atoms with van der Waals surface area (Å²) in [4.78, 5) is 15.5. The van der Waals surface area contributed by atoms with Gasteiger partial charge in [0.05, 0.1) is 12.1 Å². The molecule has 1 fully saturated rings. The molecule has 98 valence electrons. The molecule has 1 heterocycles. The second kappa shape index (κ2) is 5.44. The molecular weight excluding hydrogens is 235 g/mol. The first-order chi connectivity index (χ1) is 8.65. The molecule has 0 aliphatic heterocycles. The van der Waals surface area contributed by atoms with Crippen molar-refractivity contribution >= 4 is 5.91 Å². The van der Waals surface area contributed by atoms with E-state index in [0.717, 1.165) is 32.1 Å². The molecule has 1 saturated carbocycles. The highest BCUT2D eigenvalue weighted by Gasteiger charge is 2.33. The lowest BCUT2D eigenvalue weighted by Gasteiger charge is -2.36. The van der Waals surface area contributed by atoms with E-state index in [4.69, 9.17) is 0 Å². The van der Waals surface area contributed by atoms with Crippen molar-refractivity contribution in [3.8, 4) is 0 Å². The third kappa shape index (κ3) is 2.85. The summed E-state index contributed by atoms with van der Waals surface area (Å²) in [6, 6.07) is 4.11. The molecule has 1 aliphatic carbocycles. The van der Waals surface area contributed by atoms with Crippen molar-refractivity contribution in [2.24, 2.45) is 0 Å². The quantitative estimate of drug-likeness (QED) is 0.804. The van der Waals surface area contributed by atoms with E-state index in [9.17, 15) is 14.3 Å². The predicted molar refractivity (Wildman–Crippen MR) is 64.6 cm³/mol. The lowest BCUT2D eigenvalue weighted by atomic mass is 9.82. The van der Waals surface area contributed by atoms with E-state index in [1.54, 1.807) is 0 Å². The highest BCUT2D eigenvalue weighted by molar-refractivity contribution is 5.92. The van der Waals surface area contributed by atoms with Crippen LogP contribution in [-0.2, 0) is 0 Å². The number of carbonyl (C=O) groups excluding carboxylic acids is 1. The maximum absolute atomic E-state index is 12.9. The number of rotatable bonds is 3. The number of nitrogens with one attached hydrogen (secondary N) is 1. The van der Waals surface area contributed by atoms with Crippen LogP contribution in [0.2, 0.25) is 0 Å². The number of aliphatic hydroxyl groups excluding tert-OH is 1. The molecule has 1 aromatic rings. The normalized spacial score (nSPS) is 18.3. The summed E-state index contributed by atoms with van der Waals surface area (Å²) in [6.45, 7) is -0.0892. The van der Waals surface area contributed by atoms with E-state index in [-0.39, 0.29) is 12.3 Å². The first-order valence-corrected chi connectivity index (χ1v) is 6.21. The number of aromatic nitrogens is 1. The van der Waals surface area contributed by atoms with Crippen LogP contribution in [0.5, 0.6) is 0 Å². The Morgan fingerprint density at radius 3 is 2.72 bits per heavy atom. The van der Waals surface area contributed by atoms with Crippen molar-refractivity contribution in [2.75, 3.05) is 6.61 Å². The van der Waals surface area contributed by atoms with Gasteiger partial charge in [0.15, 0.2) is 0 Å². The minimum absolute atomic E-state index is 0.0494.